The van der Waals surface area contributed by atoms with Gasteiger partial charge in [-0.3, -0.25) is 0 Å². The quantitative estimate of drug-likeness (QED) is 0.506. The largest absolute Gasteiger partial charge is 0.494 e. The highest BCUT2D eigenvalue weighted by molar-refractivity contribution is 5.40. The van der Waals surface area contributed by atoms with Gasteiger partial charge in [-0.25, -0.2) is 4.39 Å². The maximum Gasteiger partial charge on any atom is 0.123 e. The normalized spacial score (nSPS) is 16.1. The van der Waals surface area contributed by atoms with Crippen molar-refractivity contribution in [2.75, 3.05) is 45.9 Å². The lowest BCUT2D eigenvalue weighted by molar-refractivity contribution is 0.123. The Hall–Kier alpha value is -2.42. The minimum atomic E-state index is -0.235. The number of piperazine rings is 1. The maximum atomic E-state index is 12.9. The molecule has 2 aromatic carbocycles. The van der Waals surface area contributed by atoms with Crippen LogP contribution in [0.1, 0.15) is 48.8 Å². The van der Waals surface area contributed by atoms with Gasteiger partial charge in [-0.05, 0) is 80.1 Å². The van der Waals surface area contributed by atoms with Gasteiger partial charge in [0, 0.05) is 32.7 Å². The van der Waals surface area contributed by atoms with Crippen LogP contribution < -0.4 is 4.74 Å². The average Bonchev–Trinajstić information content (AvgIpc) is 2.80. The Kier molecular flexibility index (Phi) is 8.87. The third-order valence-electron chi connectivity index (χ3n) is 6.31. The third-order valence-corrected chi connectivity index (χ3v) is 6.31. The summed E-state index contributed by atoms with van der Waals surface area (Å²) in [7, 11) is 0. The maximum absolute atomic E-state index is 12.9. The van der Waals surface area contributed by atoms with Crippen molar-refractivity contribution in [3.63, 3.8) is 0 Å². The number of hydrogen-bond acceptors (Lipinski definition) is 4. The summed E-state index contributed by atoms with van der Waals surface area (Å²) in [6, 6.07) is 14.9. The number of hydrogen-bond donors (Lipinski definition) is 0. The summed E-state index contributed by atoms with van der Waals surface area (Å²) < 4.78 is 18.6. The number of rotatable bonds is 10. The Labute approximate surface area is 186 Å². The molecule has 1 unspecified atom stereocenters. The summed E-state index contributed by atoms with van der Waals surface area (Å²) in [6.07, 6.45) is 3.21. The zero-order valence-corrected chi connectivity index (χ0v) is 18.8. The van der Waals surface area contributed by atoms with Gasteiger partial charge in [-0.15, -0.1) is 0 Å². The number of aryl methyl sites for hydroxylation is 1. The highest BCUT2D eigenvalue weighted by Crippen LogP contribution is 2.26. The molecule has 1 aliphatic rings. The van der Waals surface area contributed by atoms with Gasteiger partial charge in [0.1, 0.15) is 11.6 Å². The van der Waals surface area contributed by atoms with Gasteiger partial charge in [0.15, 0.2) is 0 Å². The van der Waals surface area contributed by atoms with E-state index in [0.717, 1.165) is 75.4 Å². The van der Waals surface area contributed by atoms with Crippen LogP contribution in [0.5, 0.6) is 5.75 Å². The molecule has 4 nitrogen and oxygen atoms in total. The molecule has 0 radical (unpaired) electrons. The molecule has 0 bridgehead atoms. The lowest BCUT2D eigenvalue weighted by atomic mass is 9.90. The van der Waals surface area contributed by atoms with Gasteiger partial charge < -0.3 is 14.5 Å². The van der Waals surface area contributed by atoms with Crippen LogP contribution >= 0.6 is 0 Å². The molecular formula is C26H34FN3O. The molecule has 1 fully saturated rings. The predicted octanol–water partition coefficient (Wildman–Crippen LogP) is 4.98. The molecule has 1 heterocycles. The lowest BCUT2D eigenvalue weighted by Gasteiger charge is -2.35. The van der Waals surface area contributed by atoms with E-state index in [2.05, 4.69) is 41.0 Å². The fraction of sp³-hybridized carbons (Fsp3) is 0.500. The Morgan fingerprint density at radius 2 is 1.71 bits per heavy atom. The molecule has 1 saturated heterocycles. The topological polar surface area (TPSA) is 39.5 Å². The van der Waals surface area contributed by atoms with Crippen molar-refractivity contribution in [1.29, 1.82) is 5.26 Å². The van der Waals surface area contributed by atoms with Gasteiger partial charge in [0.05, 0.1) is 18.2 Å². The van der Waals surface area contributed by atoms with Gasteiger partial charge in [0.2, 0.25) is 0 Å². The van der Waals surface area contributed by atoms with Crippen LogP contribution in [0.3, 0.4) is 0 Å². The second-order valence-corrected chi connectivity index (χ2v) is 8.42. The molecule has 0 aliphatic carbocycles. The van der Waals surface area contributed by atoms with Crippen molar-refractivity contribution in [3.8, 4) is 11.8 Å². The summed E-state index contributed by atoms with van der Waals surface area (Å²) in [5.41, 5.74) is 3.15. The van der Waals surface area contributed by atoms with E-state index in [4.69, 9.17) is 4.74 Å². The first-order valence-electron chi connectivity index (χ1n) is 11.4. The van der Waals surface area contributed by atoms with Crippen LogP contribution in [0, 0.1) is 24.1 Å². The Balaban J connectivity index is 1.35. The van der Waals surface area contributed by atoms with E-state index >= 15 is 0 Å². The Morgan fingerprint density at radius 1 is 1.03 bits per heavy atom. The summed E-state index contributed by atoms with van der Waals surface area (Å²) in [4.78, 5) is 5.06. The number of nitrogens with zero attached hydrogens (tertiary/aromatic N) is 3. The second kappa shape index (κ2) is 11.8. The molecule has 0 spiro atoms. The zero-order chi connectivity index (χ0) is 22.1. The fourth-order valence-corrected chi connectivity index (χ4v) is 4.20. The highest BCUT2D eigenvalue weighted by atomic mass is 19.1. The van der Waals surface area contributed by atoms with E-state index in [0.29, 0.717) is 12.5 Å². The molecule has 0 N–H and O–H groups in total. The first-order valence-corrected chi connectivity index (χ1v) is 11.4. The van der Waals surface area contributed by atoms with Crippen LogP contribution in [0.15, 0.2) is 42.5 Å². The van der Waals surface area contributed by atoms with Crippen molar-refractivity contribution in [2.24, 2.45) is 0 Å². The van der Waals surface area contributed by atoms with E-state index in [1.165, 1.54) is 17.7 Å². The van der Waals surface area contributed by atoms with Gasteiger partial charge in [-0.1, -0.05) is 19.1 Å². The Bertz CT molecular complexity index is 854. The second-order valence-electron chi connectivity index (χ2n) is 8.42. The summed E-state index contributed by atoms with van der Waals surface area (Å²) in [5.74, 6) is 1.00. The number of benzene rings is 2. The van der Waals surface area contributed by atoms with E-state index in [1.807, 2.05) is 6.92 Å². The SMILES string of the molecule is CCC(CCN1CCN(CCCOc2ccc(F)cc2)CC1)c1ccc(C)c(C#N)c1. The first kappa shape index (κ1) is 23.2. The van der Waals surface area contributed by atoms with E-state index in [-0.39, 0.29) is 5.82 Å². The van der Waals surface area contributed by atoms with Gasteiger partial charge in [0.25, 0.3) is 0 Å². The molecule has 3 rings (SSSR count). The van der Waals surface area contributed by atoms with Crippen molar-refractivity contribution >= 4 is 0 Å². The van der Waals surface area contributed by atoms with Crippen molar-refractivity contribution in [2.45, 2.75) is 39.0 Å². The molecule has 5 heteroatoms. The van der Waals surface area contributed by atoms with Crippen molar-refractivity contribution in [3.05, 3.63) is 65.0 Å². The zero-order valence-electron chi connectivity index (χ0n) is 18.8. The van der Waals surface area contributed by atoms with E-state index in [9.17, 15) is 9.65 Å². The van der Waals surface area contributed by atoms with Crippen LogP contribution in [0.4, 0.5) is 4.39 Å². The van der Waals surface area contributed by atoms with Crippen LogP contribution in [-0.4, -0.2) is 55.7 Å². The molecule has 31 heavy (non-hydrogen) atoms. The lowest BCUT2D eigenvalue weighted by Crippen LogP contribution is -2.47. The predicted molar refractivity (Wildman–Crippen MR) is 123 cm³/mol. The minimum absolute atomic E-state index is 0.235. The van der Waals surface area contributed by atoms with Gasteiger partial charge >= 0.3 is 0 Å². The summed E-state index contributed by atoms with van der Waals surface area (Å²) in [6.45, 7) is 11.4. The average molecular weight is 424 g/mol. The minimum Gasteiger partial charge on any atom is -0.494 e. The molecule has 0 amide bonds. The molecular weight excluding hydrogens is 389 g/mol. The van der Waals surface area contributed by atoms with Gasteiger partial charge in [-0.2, -0.15) is 5.26 Å². The van der Waals surface area contributed by atoms with Crippen LogP contribution in [0.2, 0.25) is 0 Å². The highest BCUT2D eigenvalue weighted by Gasteiger charge is 2.18. The first-order chi connectivity index (χ1) is 15.1. The molecule has 0 saturated carbocycles. The molecule has 1 atom stereocenters. The fourth-order valence-electron chi connectivity index (χ4n) is 4.20. The monoisotopic (exact) mass is 423 g/mol. The molecule has 2 aromatic rings. The van der Waals surface area contributed by atoms with Crippen molar-refractivity contribution in [1.82, 2.24) is 9.80 Å². The summed E-state index contributed by atoms with van der Waals surface area (Å²) >= 11 is 0. The third kappa shape index (κ3) is 7.05. The Morgan fingerprint density at radius 3 is 2.35 bits per heavy atom. The molecule has 1 aliphatic heterocycles. The van der Waals surface area contributed by atoms with E-state index in [1.54, 1.807) is 12.1 Å². The number of nitriles is 1. The van der Waals surface area contributed by atoms with E-state index < -0.39 is 0 Å². The smallest absolute Gasteiger partial charge is 0.123 e. The number of ether oxygens (including phenoxy) is 1. The van der Waals surface area contributed by atoms with Crippen LogP contribution in [0.25, 0.3) is 0 Å². The van der Waals surface area contributed by atoms with Crippen LogP contribution in [-0.2, 0) is 0 Å². The summed E-state index contributed by atoms with van der Waals surface area (Å²) in [5, 5.41) is 9.32. The molecule has 0 aromatic heterocycles. The standard InChI is InChI=1S/C26H34FN3O/c1-3-22(23-6-5-21(2)24(19-23)20-28)11-13-30-16-14-29(15-17-30)12-4-18-31-26-9-7-25(27)8-10-26/h5-10,19,22H,3-4,11-18H2,1-2H3. The number of halogens is 1. The van der Waals surface area contributed by atoms with Crippen molar-refractivity contribution < 1.29 is 9.13 Å². The molecule has 166 valence electrons.